The number of amides is 2. The van der Waals surface area contributed by atoms with Gasteiger partial charge in [-0.3, -0.25) is 0 Å². The van der Waals surface area contributed by atoms with E-state index in [4.69, 9.17) is 9.88 Å². The van der Waals surface area contributed by atoms with E-state index in [1.807, 2.05) is 6.92 Å². The normalized spacial score (nSPS) is 23.3. The molecule has 2 aromatic rings. The number of halogens is 2. The summed E-state index contributed by atoms with van der Waals surface area (Å²) in [7, 11) is -3.63. The number of alkyl halides is 1. The number of ether oxygens (including phenoxy) is 1. The van der Waals surface area contributed by atoms with Crippen LogP contribution in [0.3, 0.4) is 0 Å². The van der Waals surface area contributed by atoms with Gasteiger partial charge in [-0.15, -0.1) is 4.36 Å². The quantitative estimate of drug-likeness (QED) is 0.752. The number of hydrogen-bond acceptors (Lipinski definition) is 4. The maximum atomic E-state index is 14.8. The highest BCUT2D eigenvalue weighted by atomic mass is 32.2. The third-order valence-electron chi connectivity index (χ3n) is 5.83. The van der Waals surface area contributed by atoms with Gasteiger partial charge in [-0.2, -0.15) is 5.10 Å². The zero-order valence-corrected chi connectivity index (χ0v) is 17.1. The highest BCUT2D eigenvalue weighted by Gasteiger charge is 2.34. The van der Waals surface area contributed by atoms with Crippen LogP contribution in [0.4, 0.5) is 19.3 Å². The molecular formula is C19H21F2N5O3S. The second-order valence-electron chi connectivity index (χ2n) is 7.98. The number of rotatable bonds is 2. The summed E-state index contributed by atoms with van der Waals surface area (Å²) < 4.78 is 52.6. The second kappa shape index (κ2) is 6.74. The van der Waals surface area contributed by atoms with Crippen LogP contribution in [0, 0.1) is 5.82 Å². The van der Waals surface area contributed by atoms with Crippen LogP contribution in [-0.4, -0.2) is 32.3 Å². The van der Waals surface area contributed by atoms with Crippen LogP contribution in [-0.2, 0) is 42.1 Å². The lowest BCUT2D eigenvalue weighted by Crippen LogP contribution is -2.19. The molecule has 2 amide bonds. The first-order valence-corrected chi connectivity index (χ1v) is 11.4. The third kappa shape index (κ3) is 2.99. The van der Waals surface area contributed by atoms with Crippen molar-refractivity contribution < 1.29 is 22.5 Å². The first kappa shape index (κ1) is 19.4. The molecular weight excluding hydrogens is 416 g/mol. The molecule has 2 heterocycles. The maximum absolute atomic E-state index is 14.8. The lowest BCUT2D eigenvalue weighted by Gasteiger charge is -2.16. The molecule has 1 aromatic carbocycles. The fourth-order valence-corrected chi connectivity index (χ4v) is 5.59. The van der Waals surface area contributed by atoms with Crippen molar-refractivity contribution in [3.63, 3.8) is 0 Å². The minimum absolute atomic E-state index is 0.0137. The maximum Gasteiger partial charge on any atom is 0.354 e. The van der Waals surface area contributed by atoms with Crippen molar-refractivity contribution >= 4 is 21.6 Å². The summed E-state index contributed by atoms with van der Waals surface area (Å²) in [6.07, 6.45) is 1.80. The zero-order valence-electron chi connectivity index (χ0n) is 16.3. The fraction of sp³-hybridized carbons (Fsp3) is 0.474. The molecule has 1 aliphatic heterocycles. The Balaban J connectivity index is 1.51. The molecule has 2 aliphatic carbocycles. The minimum Gasteiger partial charge on any atom is -0.472 e. The van der Waals surface area contributed by atoms with Gasteiger partial charge in [-0.05, 0) is 48.4 Å². The Hall–Kier alpha value is -2.53. The van der Waals surface area contributed by atoms with E-state index in [0.29, 0.717) is 47.3 Å². The predicted molar refractivity (Wildman–Crippen MR) is 105 cm³/mol. The molecule has 3 atom stereocenters. The molecule has 0 saturated heterocycles. The monoisotopic (exact) mass is 437 g/mol. The molecule has 1 aromatic heterocycles. The number of nitrogens with two attached hydrogens (primary N) is 1. The Kier molecular flexibility index (Phi) is 4.37. The number of urea groups is 1. The summed E-state index contributed by atoms with van der Waals surface area (Å²) in [6, 6.07) is -0.932. The minimum atomic E-state index is -3.63. The predicted octanol–water partition coefficient (Wildman–Crippen LogP) is 2.66. The second-order valence-corrected chi connectivity index (χ2v) is 9.74. The number of benzene rings is 1. The summed E-state index contributed by atoms with van der Waals surface area (Å²) in [5.41, 5.74) is 2.33. The van der Waals surface area contributed by atoms with E-state index in [1.54, 1.807) is 0 Å². The van der Waals surface area contributed by atoms with Gasteiger partial charge in [0.05, 0.1) is 12.7 Å². The number of nitrogens with one attached hydrogen (secondary N) is 1. The molecule has 160 valence electrons. The largest absolute Gasteiger partial charge is 0.472 e. The molecule has 8 nitrogen and oxygen atoms in total. The van der Waals surface area contributed by atoms with Crippen molar-refractivity contribution in [1.82, 2.24) is 9.78 Å². The Labute approximate surface area is 172 Å². The van der Waals surface area contributed by atoms with Crippen molar-refractivity contribution in [3.05, 3.63) is 34.3 Å². The van der Waals surface area contributed by atoms with Crippen molar-refractivity contribution in [2.75, 3.05) is 5.32 Å². The van der Waals surface area contributed by atoms with E-state index in [9.17, 15) is 17.8 Å². The van der Waals surface area contributed by atoms with E-state index in [0.717, 1.165) is 6.42 Å². The summed E-state index contributed by atoms with van der Waals surface area (Å²) in [5.74, 6) is -0.132. The summed E-state index contributed by atoms with van der Waals surface area (Å²) in [6.45, 7) is 2.31. The van der Waals surface area contributed by atoms with Gasteiger partial charge < -0.3 is 10.1 Å². The van der Waals surface area contributed by atoms with Crippen molar-refractivity contribution in [2.45, 2.75) is 62.7 Å². The van der Waals surface area contributed by atoms with Crippen LogP contribution < -0.4 is 15.2 Å². The van der Waals surface area contributed by atoms with Gasteiger partial charge in [0.1, 0.15) is 23.0 Å². The van der Waals surface area contributed by atoms with Crippen molar-refractivity contribution in [1.29, 1.82) is 0 Å². The first-order chi connectivity index (χ1) is 14.2. The van der Waals surface area contributed by atoms with Crippen LogP contribution in [0.1, 0.15) is 35.6 Å². The van der Waals surface area contributed by atoms with Gasteiger partial charge in [0.15, 0.2) is 9.92 Å². The van der Waals surface area contributed by atoms with Crippen LogP contribution >= 0.6 is 0 Å². The molecule has 30 heavy (non-hydrogen) atoms. The molecule has 11 heteroatoms. The topological polar surface area (TPSA) is 112 Å². The lowest BCUT2D eigenvalue weighted by atomic mass is 9.98. The molecule has 3 aliphatic rings. The van der Waals surface area contributed by atoms with Gasteiger partial charge in [0.25, 0.3) is 0 Å². The average molecular weight is 437 g/mol. The molecule has 0 fully saturated rings. The molecule has 0 spiro atoms. The molecule has 3 N–H and O–H groups in total. The van der Waals surface area contributed by atoms with E-state index in [1.165, 1.54) is 10.9 Å². The van der Waals surface area contributed by atoms with E-state index in [2.05, 4.69) is 14.8 Å². The number of anilines is 1. The molecule has 0 radical (unpaired) electrons. The highest BCUT2D eigenvalue weighted by molar-refractivity contribution is 7.91. The summed E-state index contributed by atoms with van der Waals surface area (Å²) in [4.78, 5) is 12.7. The first-order valence-electron chi connectivity index (χ1n) is 9.82. The van der Waals surface area contributed by atoms with E-state index < -0.39 is 22.1 Å². The SMILES string of the molecule is CC1Cn2ncc(S(N)(=O)=NC(=O)Nc3c4c(c(F)c5c3C[C@@H](F)C5)CCC4)c2O1. The van der Waals surface area contributed by atoms with Crippen molar-refractivity contribution in [2.24, 2.45) is 9.50 Å². The molecule has 0 bridgehead atoms. The Morgan fingerprint density at radius 2 is 2.07 bits per heavy atom. The Morgan fingerprint density at radius 1 is 1.33 bits per heavy atom. The fourth-order valence-electron chi connectivity index (χ4n) is 4.59. The number of nitrogens with zero attached hydrogens (tertiary/aromatic N) is 3. The standard InChI is InChI=1S/C19H21F2N5O3S/c1-9-8-26-18(29-9)15(7-23-26)30(22,28)25-19(27)24-17-12-4-2-3-11(12)16(21)13-5-10(20)6-14(13)17/h7,9-10H,2-6,8H2,1H3,(H3,22,24,25,27,28)/t9?,10-,30?/m0/s1. The van der Waals surface area contributed by atoms with Gasteiger partial charge in [0, 0.05) is 18.5 Å². The molecule has 5 rings (SSSR count). The summed E-state index contributed by atoms with van der Waals surface area (Å²) in [5, 5.41) is 12.6. The van der Waals surface area contributed by atoms with Crippen LogP contribution in [0.2, 0.25) is 0 Å². The lowest BCUT2D eigenvalue weighted by molar-refractivity contribution is 0.248. The summed E-state index contributed by atoms with van der Waals surface area (Å²) >= 11 is 0. The molecule has 2 unspecified atom stereocenters. The third-order valence-corrected chi connectivity index (χ3v) is 7.18. The number of aromatic nitrogens is 2. The molecule has 0 saturated carbocycles. The van der Waals surface area contributed by atoms with Gasteiger partial charge in [-0.1, -0.05) is 0 Å². The van der Waals surface area contributed by atoms with E-state index in [-0.39, 0.29) is 35.5 Å². The van der Waals surface area contributed by atoms with Crippen molar-refractivity contribution in [3.8, 4) is 5.88 Å². The number of carbonyl (C=O) groups is 1. The van der Waals surface area contributed by atoms with Gasteiger partial charge in [-0.25, -0.2) is 27.6 Å². The van der Waals surface area contributed by atoms with Gasteiger partial charge >= 0.3 is 6.03 Å². The number of fused-ring (bicyclic) bond motifs is 3. The highest BCUT2D eigenvalue weighted by Crippen LogP contribution is 2.41. The van der Waals surface area contributed by atoms with Crippen LogP contribution in [0.25, 0.3) is 0 Å². The average Bonchev–Trinajstić information content (AvgIpc) is 3.40. The smallest absolute Gasteiger partial charge is 0.354 e. The Bertz CT molecular complexity index is 1200. The van der Waals surface area contributed by atoms with Crippen LogP contribution in [0.15, 0.2) is 15.5 Å². The number of hydrogen-bond donors (Lipinski definition) is 2. The Morgan fingerprint density at radius 3 is 2.87 bits per heavy atom. The zero-order chi connectivity index (χ0) is 21.2. The number of carbonyl (C=O) groups excluding carboxylic acids is 1. The van der Waals surface area contributed by atoms with E-state index >= 15 is 0 Å². The van der Waals surface area contributed by atoms with Gasteiger partial charge in [0.2, 0.25) is 5.88 Å². The van der Waals surface area contributed by atoms with Crippen LogP contribution in [0.5, 0.6) is 5.88 Å².